The summed E-state index contributed by atoms with van der Waals surface area (Å²) in [4.78, 5) is 8.32. The molecule has 0 saturated heterocycles. The molecule has 0 fully saturated rings. The van der Waals surface area contributed by atoms with Crippen LogP contribution in [0.3, 0.4) is 0 Å². The Balaban J connectivity index is 2.27. The molecule has 2 rings (SSSR count). The van der Waals surface area contributed by atoms with Crippen molar-refractivity contribution >= 4 is 12.4 Å². The van der Waals surface area contributed by atoms with Crippen LogP contribution in [0.15, 0.2) is 41.5 Å². The Morgan fingerprint density at radius 2 is 2.11 bits per heavy atom. The smallest absolute Gasteiger partial charge is 0.0667 e. The van der Waals surface area contributed by atoms with E-state index in [1.807, 2.05) is 24.4 Å². The zero-order valence-corrected chi connectivity index (χ0v) is 10.6. The molecular weight excluding hydrogens is 222 g/mol. The molecule has 0 aliphatic rings. The number of aliphatic imine (C=N–C) groups is 1. The summed E-state index contributed by atoms with van der Waals surface area (Å²) in [6.07, 6.45) is 2.65. The number of hydrogen-bond donors (Lipinski definition) is 1. The Bertz CT molecular complexity index is 561. The van der Waals surface area contributed by atoms with Gasteiger partial charge in [0.25, 0.3) is 0 Å². The van der Waals surface area contributed by atoms with Gasteiger partial charge in [-0.3, -0.25) is 9.98 Å². The van der Waals surface area contributed by atoms with Gasteiger partial charge >= 0.3 is 0 Å². The molecule has 18 heavy (non-hydrogen) atoms. The van der Waals surface area contributed by atoms with Crippen LogP contribution < -0.4 is 5.73 Å². The van der Waals surface area contributed by atoms with Crippen LogP contribution in [0.25, 0.3) is 0 Å². The van der Waals surface area contributed by atoms with Crippen molar-refractivity contribution in [3.63, 3.8) is 0 Å². The van der Waals surface area contributed by atoms with Crippen molar-refractivity contribution in [3.05, 3.63) is 58.9 Å². The minimum Gasteiger partial charge on any atom is -0.326 e. The van der Waals surface area contributed by atoms with Crippen LogP contribution in [0.2, 0.25) is 0 Å². The number of pyridine rings is 1. The minimum atomic E-state index is 0.476. The second-order valence-electron chi connectivity index (χ2n) is 4.33. The first kappa shape index (κ1) is 12.5. The van der Waals surface area contributed by atoms with Gasteiger partial charge < -0.3 is 5.73 Å². The summed E-state index contributed by atoms with van der Waals surface area (Å²) >= 11 is 0. The highest BCUT2D eigenvalue weighted by atomic mass is 14.7. The number of hydrogen-bond acceptors (Lipinski definition) is 3. The molecule has 1 aromatic heterocycles. The number of aryl methyl sites for hydroxylation is 1. The molecule has 0 atom stereocenters. The van der Waals surface area contributed by atoms with Gasteiger partial charge in [0.2, 0.25) is 0 Å². The lowest BCUT2D eigenvalue weighted by Crippen LogP contribution is -1.99. The lowest BCUT2D eigenvalue weighted by atomic mass is 10.0. The maximum atomic E-state index is 5.71. The zero-order chi connectivity index (χ0) is 13.0. The van der Waals surface area contributed by atoms with E-state index in [0.717, 1.165) is 23.4 Å². The molecule has 0 unspecified atom stereocenters. The fraction of sp³-hybridized carbons (Fsp3) is 0.200. The summed E-state index contributed by atoms with van der Waals surface area (Å²) in [6, 6.07) is 10.2. The molecule has 3 nitrogen and oxygen atoms in total. The second kappa shape index (κ2) is 5.56. The Hall–Kier alpha value is -2.00. The van der Waals surface area contributed by atoms with E-state index in [1.165, 1.54) is 11.1 Å². The average molecular weight is 239 g/mol. The molecule has 3 heteroatoms. The lowest BCUT2D eigenvalue weighted by molar-refractivity contribution is 1.03. The molecule has 0 saturated carbocycles. The summed E-state index contributed by atoms with van der Waals surface area (Å²) < 4.78 is 0. The topological polar surface area (TPSA) is 51.3 Å². The van der Waals surface area contributed by atoms with Gasteiger partial charge in [-0.05, 0) is 48.5 Å². The predicted octanol–water partition coefficient (Wildman–Crippen LogP) is 2.77. The molecule has 0 amide bonds. The average Bonchev–Trinajstić information content (AvgIpc) is 2.38. The van der Waals surface area contributed by atoms with Gasteiger partial charge in [-0.2, -0.15) is 0 Å². The van der Waals surface area contributed by atoms with E-state index in [0.29, 0.717) is 6.54 Å². The zero-order valence-electron chi connectivity index (χ0n) is 10.6. The number of benzene rings is 1. The summed E-state index contributed by atoms with van der Waals surface area (Å²) in [5.74, 6) is 0. The summed E-state index contributed by atoms with van der Waals surface area (Å²) in [5.41, 5.74) is 11.1. The molecule has 0 aliphatic carbocycles. The van der Waals surface area contributed by atoms with Gasteiger partial charge in [-0.1, -0.05) is 12.1 Å². The van der Waals surface area contributed by atoms with Crippen LogP contribution in [-0.2, 0) is 13.0 Å². The van der Waals surface area contributed by atoms with Crippen LogP contribution in [0.4, 0.5) is 5.69 Å². The van der Waals surface area contributed by atoms with Gasteiger partial charge in [-0.15, -0.1) is 0 Å². The summed E-state index contributed by atoms with van der Waals surface area (Å²) in [5, 5.41) is 0. The monoisotopic (exact) mass is 239 g/mol. The highest BCUT2D eigenvalue weighted by molar-refractivity contribution is 5.53. The molecule has 0 aliphatic heterocycles. The highest BCUT2D eigenvalue weighted by Crippen LogP contribution is 2.21. The van der Waals surface area contributed by atoms with Crippen LogP contribution in [0.5, 0.6) is 0 Å². The van der Waals surface area contributed by atoms with Gasteiger partial charge in [0.15, 0.2) is 0 Å². The first-order valence-corrected chi connectivity index (χ1v) is 5.93. The van der Waals surface area contributed by atoms with Gasteiger partial charge in [0.1, 0.15) is 0 Å². The molecule has 0 bridgehead atoms. The fourth-order valence-corrected chi connectivity index (χ4v) is 1.97. The quantitative estimate of drug-likeness (QED) is 0.834. The number of nitrogens with two attached hydrogens (primary N) is 1. The maximum absolute atomic E-state index is 5.71. The molecule has 2 N–H and O–H groups in total. The minimum absolute atomic E-state index is 0.476. The van der Waals surface area contributed by atoms with E-state index in [1.54, 1.807) is 0 Å². The van der Waals surface area contributed by atoms with Crippen molar-refractivity contribution in [1.29, 1.82) is 0 Å². The third-order valence-electron chi connectivity index (χ3n) is 2.89. The van der Waals surface area contributed by atoms with Crippen LogP contribution in [0, 0.1) is 6.92 Å². The van der Waals surface area contributed by atoms with E-state index in [4.69, 9.17) is 5.73 Å². The normalized spacial score (nSPS) is 10.3. The summed E-state index contributed by atoms with van der Waals surface area (Å²) in [6.45, 7) is 6.09. The molecule has 1 aromatic carbocycles. The Morgan fingerprint density at radius 3 is 2.78 bits per heavy atom. The van der Waals surface area contributed by atoms with Gasteiger partial charge in [0, 0.05) is 24.9 Å². The molecule has 0 radical (unpaired) electrons. The predicted molar refractivity (Wildman–Crippen MR) is 75.3 cm³/mol. The number of nitrogens with zero attached hydrogens (tertiary/aromatic N) is 2. The first-order chi connectivity index (χ1) is 8.72. The van der Waals surface area contributed by atoms with Gasteiger partial charge in [0.05, 0.1) is 5.69 Å². The largest absolute Gasteiger partial charge is 0.326 e. The first-order valence-electron chi connectivity index (χ1n) is 5.93. The van der Waals surface area contributed by atoms with Crippen molar-refractivity contribution in [2.24, 2.45) is 10.7 Å². The number of aromatic nitrogens is 1. The van der Waals surface area contributed by atoms with Crippen molar-refractivity contribution < 1.29 is 0 Å². The van der Waals surface area contributed by atoms with E-state index in [-0.39, 0.29) is 0 Å². The molecule has 1 heterocycles. The van der Waals surface area contributed by atoms with E-state index in [2.05, 4.69) is 35.8 Å². The second-order valence-corrected chi connectivity index (χ2v) is 4.33. The van der Waals surface area contributed by atoms with Crippen LogP contribution in [0.1, 0.15) is 22.4 Å². The van der Waals surface area contributed by atoms with Crippen molar-refractivity contribution in [1.82, 2.24) is 4.98 Å². The third-order valence-corrected chi connectivity index (χ3v) is 2.89. The fourth-order valence-electron chi connectivity index (χ4n) is 1.97. The van der Waals surface area contributed by atoms with Crippen molar-refractivity contribution in [3.8, 4) is 0 Å². The Kier molecular flexibility index (Phi) is 3.85. The van der Waals surface area contributed by atoms with Crippen molar-refractivity contribution in [2.75, 3.05) is 0 Å². The molecular formula is C15H17N3. The molecule has 92 valence electrons. The van der Waals surface area contributed by atoms with E-state index in [9.17, 15) is 0 Å². The third kappa shape index (κ3) is 2.81. The highest BCUT2D eigenvalue weighted by Gasteiger charge is 2.03. The van der Waals surface area contributed by atoms with E-state index >= 15 is 0 Å². The van der Waals surface area contributed by atoms with E-state index < -0.39 is 0 Å². The number of rotatable bonds is 4. The summed E-state index contributed by atoms with van der Waals surface area (Å²) in [7, 11) is 0. The molecule has 2 aromatic rings. The van der Waals surface area contributed by atoms with Gasteiger partial charge in [-0.25, -0.2) is 0 Å². The maximum Gasteiger partial charge on any atom is 0.0667 e. The lowest BCUT2D eigenvalue weighted by Gasteiger charge is -2.07. The molecule has 0 spiro atoms. The Labute approximate surface area is 107 Å². The Morgan fingerprint density at radius 1 is 1.28 bits per heavy atom. The SMILES string of the molecule is C=Nc1ccc(Cc2cc(C)ccn2)cc1CN. The van der Waals surface area contributed by atoms with Crippen LogP contribution >= 0.6 is 0 Å². The van der Waals surface area contributed by atoms with Crippen LogP contribution in [-0.4, -0.2) is 11.7 Å². The van der Waals surface area contributed by atoms with Crippen molar-refractivity contribution in [2.45, 2.75) is 19.9 Å². The standard InChI is InChI=1S/C15H17N3/c1-11-5-6-18-14(7-11)9-12-3-4-15(17-2)13(8-12)10-16/h3-8H,2,9-10,16H2,1H3.